The molecule has 1 aliphatic rings. The first-order chi connectivity index (χ1) is 16.2. The Labute approximate surface area is 195 Å². The average molecular weight is 465 g/mol. The van der Waals surface area contributed by atoms with Gasteiger partial charge in [-0.1, -0.05) is 18.2 Å². The number of nitrogens with one attached hydrogen (secondary N) is 1. The van der Waals surface area contributed by atoms with E-state index in [1.807, 2.05) is 4.90 Å². The minimum atomic E-state index is -0.359. The summed E-state index contributed by atoms with van der Waals surface area (Å²) in [7, 11) is 0. The summed E-state index contributed by atoms with van der Waals surface area (Å²) in [5.74, 6) is 0.249. The molecule has 0 aliphatic carbocycles. The van der Waals surface area contributed by atoms with Crippen molar-refractivity contribution >= 4 is 28.7 Å². The fourth-order valence-electron chi connectivity index (χ4n) is 4.13. The van der Waals surface area contributed by atoms with Gasteiger partial charge in [0.1, 0.15) is 17.3 Å². The van der Waals surface area contributed by atoms with Gasteiger partial charge in [-0.3, -0.25) is 19.1 Å². The largest absolute Gasteiger partial charge is 0.360 e. The van der Waals surface area contributed by atoms with Crippen LogP contribution in [0.25, 0.3) is 16.9 Å². The van der Waals surface area contributed by atoms with Crippen molar-refractivity contribution in [1.82, 2.24) is 24.2 Å². The number of hydrogen-bond acceptors (Lipinski definition) is 6. The Morgan fingerprint density at radius 1 is 1.12 bits per heavy atom. The Balaban J connectivity index is 1.23. The SMILES string of the molecule is O=C(CNc1c(-c2ccccc2F)nc2cnccn12)N1CCN(CCc2cccs2)CC1. The number of piperazine rings is 1. The Morgan fingerprint density at radius 3 is 2.76 bits per heavy atom. The average Bonchev–Trinajstić information content (AvgIpc) is 3.50. The second-order valence-electron chi connectivity index (χ2n) is 8.00. The molecule has 5 rings (SSSR count). The van der Waals surface area contributed by atoms with E-state index in [9.17, 15) is 9.18 Å². The van der Waals surface area contributed by atoms with E-state index >= 15 is 0 Å². The molecule has 170 valence electrons. The summed E-state index contributed by atoms with van der Waals surface area (Å²) in [6.07, 6.45) is 6.07. The Kier molecular flexibility index (Phi) is 6.32. The lowest BCUT2D eigenvalue weighted by Crippen LogP contribution is -2.50. The van der Waals surface area contributed by atoms with Gasteiger partial charge >= 0.3 is 0 Å². The standard InChI is InChI=1S/C24H25FN6OS/c25-20-6-2-1-5-19(20)23-24(31-10-8-26-16-21(31)28-23)27-17-22(32)30-13-11-29(12-14-30)9-7-18-4-3-15-33-18/h1-6,8,10,15-16,27H,7,9,11-14,17H2. The number of nitrogens with zero attached hydrogens (tertiary/aromatic N) is 5. The number of thiophene rings is 1. The fourth-order valence-corrected chi connectivity index (χ4v) is 4.83. The molecule has 0 atom stereocenters. The predicted molar refractivity (Wildman–Crippen MR) is 128 cm³/mol. The smallest absolute Gasteiger partial charge is 0.242 e. The van der Waals surface area contributed by atoms with Crippen LogP contribution in [-0.4, -0.2) is 69.3 Å². The number of carbonyl (C=O) groups is 1. The van der Waals surface area contributed by atoms with Gasteiger partial charge in [0.2, 0.25) is 5.91 Å². The van der Waals surface area contributed by atoms with Crippen LogP contribution in [0.2, 0.25) is 0 Å². The molecule has 4 aromatic rings. The van der Waals surface area contributed by atoms with Crippen LogP contribution in [0.1, 0.15) is 4.88 Å². The third kappa shape index (κ3) is 4.74. The van der Waals surface area contributed by atoms with E-state index in [2.05, 4.69) is 37.7 Å². The maximum absolute atomic E-state index is 14.5. The summed E-state index contributed by atoms with van der Waals surface area (Å²) in [5, 5.41) is 5.32. The number of halogens is 1. The summed E-state index contributed by atoms with van der Waals surface area (Å²) in [5.41, 5.74) is 1.44. The van der Waals surface area contributed by atoms with Crippen molar-refractivity contribution in [3.63, 3.8) is 0 Å². The number of imidazole rings is 1. The van der Waals surface area contributed by atoms with Crippen molar-refractivity contribution in [2.75, 3.05) is 44.6 Å². The van der Waals surface area contributed by atoms with Crippen molar-refractivity contribution in [3.05, 3.63) is 71.1 Å². The van der Waals surface area contributed by atoms with Gasteiger partial charge in [-0.25, -0.2) is 9.37 Å². The number of hydrogen-bond donors (Lipinski definition) is 1. The highest BCUT2D eigenvalue weighted by Gasteiger charge is 2.22. The van der Waals surface area contributed by atoms with E-state index in [0.717, 1.165) is 26.1 Å². The van der Waals surface area contributed by atoms with Crippen LogP contribution in [0, 0.1) is 5.82 Å². The van der Waals surface area contributed by atoms with Crippen molar-refractivity contribution in [3.8, 4) is 11.3 Å². The first-order valence-corrected chi connectivity index (χ1v) is 11.9. The Morgan fingerprint density at radius 2 is 1.97 bits per heavy atom. The van der Waals surface area contributed by atoms with Crippen molar-refractivity contribution in [2.45, 2.75) is 6.42 Å². The van der Waals surface area contributed by atoms with Crippen LogP contribution in [0.15, 0.2) is 60.4 Å². The van der Waals surface area contributed by atoms with Gasteiger partial charge in [0, 0.05) is 55.6 Å². The molecule has 1 N–H and O–H groups in total. The molecule has 9 heteroatoms. The van der Waals surface area contributed by atoms with Gasteiger partial charge < -0.3 is 10.2 Å². The molecule has 0 unspecified atom stereocenters. The third-order valence-electron chi connectivity index (χ3n) is 5.95. The molecular formula is C24H25FN6OS. The normalized spacial score (nSPS) is 14.6. The Hall–Kier alpha value is -3.30. The van der Waals surface area contributed by atoms with Crippen LogP contribution >= 0.6 is 11.3 Å². The van der Waals surface area contributed by atoms with Gasteiger partial charge in [0.05, 0.1) is 12.7 Å². The quantitative estimate of drug-likeness (QED) is 0.454. The number of anilines is 1. The van der Waals surface area contributed by atoms with Crippen molar-refractivity contribution in [1.29, 1.82) is 0 Å². The van der Waals surface area contributed by atoms with E-state index in [1.54, 1.807) is 52.5 Å². The van der Waals surface area contributed by atoms with Gasteiger partial charge in [-0.2, -0.15) is 0 Å². The summed E-state index contributed by atoms with van der Waals surface area (Å²) in [6.45, 7) is 4.30. The van der Waals surface area contributed by atoms with E-state index in [-0.39, 0.29) is 18.3 Å². The number of benzene rings is 1. The highest BCUT2D eigenvalue weighted by atomic mass is 32.1. The van der Waals surface area contributed by atoms with Gasteiger partial charge in [-0.05, 0) is 30.0 Å². The molecule has 1 aromatic carbocycles. The molecular weight excluding hydrogens is 439 g/mol. The van der Waals surface area contributed by atoms with Crippen LogP contribution in [0.5, 0.6) is 0 Å². The minimum Gasteiger partial charge on any atom is -0.360 e. The van der Waals surface area contributed by atoms with Crippen LogP contribution in [0.4, 0.5) is 10.2 Å². The predicted octanol–water partition coefficient (Wildman–Crippen LogP) is 3.40. The molecule has 3 aromatic heterocycles. The number of fused-ring (bicyclic) bond motifs is 1. The maximum atomic E-state index is 14.5. The van der Waals surface area contributed by atoms with Gasteiger partial charge in [0.25, 0.3) is 0 Å². The molecule has 0 radical (unpaired) electrons. The number of carbonyl (C=O) groups excluding carboxylic acids is 1. The van der Waals surface area contributed by atoms with Crippen molar-refractivity contribution < 1.29 is 9.18 Å². The zero-order chi connectivity index (χ0) is 22.6. The van der Waals surface area contributed by atoms with E-state index < -0.39 is 0 Å². The third-order valence-corrected chi connectivity index (χ3v) is 6.88. The highest BCUT2D eigenvalue weighted by molar-refractivity contribution is 7.09. The van der Waals surface area contributed by atoms with E-state index in [1.165, 1.54) is 10.9 Å². The second-order valence-corrected chi connectivity index (χ2v) is 9.03. The van der Waals surface area contributed by atoms with Crippen LogP contribution in [-0.2, 0) is 11.2 Å². The monoisotopic (exact) mass is 464 g/mol. The molecule has 1 fully saturated rings. The minimum absolute atomic E-state index is 0.0244. The zero-order valence-electron chi connectivity index (χ0n) is 18.2. The number of aromatic nitrogens is 3. The van der Waals surface area contributed by atoms with E-state index in [4.69, 9.17) is 0 Å². The van der Waals surface area contributed by atoms with Crippen LogP contribution < -0.4 is 5.32 Å². The molecule has 0 bridgehead atoms. The first kappa shape index (κ1) is 21.5. The van der Waals surface area contributed by atoms with Crippen LogP contribution in [0.3, 0.4) is 0 Å². The van der Waals surface area contributed by atoms with Gasteiger partial charge in [0.15, 0.2) is 5.65 Å². The summed E-state index contributed by atoms with van der Waals surface area (Å²) >= 11 is 1.79. The molecule has 0 saturated carbocycles. The second kappa shape index (κ2) is 9.68. The lowest BCUT2D eigenvalue weighted by atomic mass is 10.1. The molecule has 33 heavy (non-hydrogen) atoms. The number of amides is 1. The molecule has 1 aliphatic heterocycles. The maximum Gasteiger partial charge on any atom is 0.242 e. The van der Waals surface area contributed by atoms with Crippen molar-refractivity contribution in [2.24, 2.45) is 0 Å². The molecule has 7 nitrogen and oxygen atoms in total. The molecule has 1 saturated heterocycles. The lowest BCUT2D eigenvalue weighted by molar-refractivity contribution is -0.131. The molecule has 0 spiro atoms. The molecule has 1 amide bonds. The zero-order valence-corrected chi connectivity index (χ0v) is 19.0. The lowest BCUT2D eigenvalue weighted by Gasteiger charge is -2.34. The van der Waals surface area contributed by atoms with Gasteiger partial charge in [-0.15, -0.1) is 11.3 Å². The summed E-state index contributed by atoms with van der Waals surface area (Å²) in [6, 6.07) is 10.8. The Bertz CT molecular complexity index is 1230. The first-order valence-electron chi connectivity index (χ1n) is 11.0. The molecule has 4 heterocycles. The fraction of sp³-hybridized carbons (Fsp3) is 0.292. The summed E-state index contributed by atoms with van der Waals surface area (Å²) in [4.78, 5) is 27.3. The van der Waals surface area contributed by atoms with E-state index in [0.29, 0.717) is 35.8 Å². The summed E-state index contributed by atoms with van der Waals surface area (Å²) < 4.78 is 16.3. The highest BCUT2D eigenvalue weighted by Crippen LogP contribution is 2.30. The number of rotatable bonds is 7. The topological polar surface area (TPSA) is 65.8 Å².